The van der Waals surface area contributed by atoms with Gasteiger partial charge in [-0.05, 0) is 49.7 Å². The summed E-state index contributed by atoms with van der Waals surface area (Å²) in [6.07, 6.45) is 0. The van der Waals surface area contributed by atoms with Crippen molar-refractivity contribution < 1.29 is 30.7 Å². The molecule has 13 nitrogen and oxygen atoms in total. The van der Waals surface area contributed by atoms with Crippen molar-refractivity contribution in [1.82, 2.24) is 12.3 Å². The van der Waals surface area contributed by atoms with E-state index in [9.17, 15) is 30.7 Å². The lowest BCUT2D eigenvalue weighted by Gasteiger charge is -2.15. The minimum absolute atomic E-state index is 0. The van der Waals surface area contributed by atoms with Crippen molar-refractivity contribution in [3.05, 3.63) is 47.0 Å². The highest BCUT2D eigenvalue weighted by Gasteiger charge is 2.35. The lowest BCUT2D eigenvalue weighted by molar-refractivity contribution is -0.117. The molecule has 0 aliphatic carbocycles. The molecule has 3 rings (SSSR count). The molecule has 0 radical (unpaired) electrons. The second kappa shape index (κ2) is 10.0. The van der Waals surface area contributed by atoms with Gasteiger partial charge < -0.3 is 21.4 Å². The Kier molecular flexibility index (Phi) is 8.56. The lowest BCUT2D eigenvalue weighted by Crippen LogP contribution is -2.29. The molecule has 0 aromatic heterocycles. The van der Waals surface area contributed by atoms with Crippen LogP contribution in [0.5, 0.6) is 0 Å². The average molecular weight is 521 g/mol. The number of hydrazone groups is 1. The van der Waals surface area contributed by atoms with Gasteiger partial charge in [0.1, 0.15) is 25.9 Å². The molecule has 0 saturated heterocycles. The van der Waals surface area contributed by atoms with Crippen LogP contribution >= 0.6 is 11.6 Å². The van der Waals surface area contributed by atoms with Crippen LogP contribution in [0.15, 0.2) is 61.5 Å². The van der Waals surface area contributed by atoms with Crippen molar-refractivity contribution in [2.24, 2.45) is 15.3 Å². The first-order valence-electron chi connectivity index (χ1n) is 8.41. The number of benzene rings is 2. The molecule has 1 aliphatic heterocycles. The molecule has 1 aliphatic rings. The summed E-state index contributed by atoms with van der Waals surface area (Å²) in [5.41, 5.74) is 0.169. The third kappa shape index (κ3) is 5.97. The quantitative estimate of drug-likeness (QED) is 0.439. The standard InChI is InChI=1S/C17H15ClN4O7S2.2H3N/c1-9-6-15(31(27,28)29)14(8-13(9)18)19-20-16-10(2)21-22(17(16)23)11-4-3-5-12(7-11)30(24,25)26;;/h3-8,16H,1-2H3,(H,24,25,26)(H,27,28,29);2*1H3. The van der Waals surface area contributed by atoms with Crippen LogP contribution in [0.25, 0.3) is 0 Å². The van der Waals surface area contributed by atoms with Crippen molar-refractivity contribution in [3.63, 3.8) is 0 Å². The molecule has 8 N–H and O–H groups in total. The molecule has 33 heavy (non-hydrogen) atoms. The topological polar surface area (TPSA) is 245 Å². The minimum atomic E-state index is -4.89. The highest BCUT2D eigenvalue weighted by molar-refractivity contribution is 7.86. The van der Waals surface area contributed by atoms with Crippen molar-refractivity contribution >= 4 is 54.8 Å². The number of carbonyl (C=O) groups is 1. The zero-order valence-electron chi connectivity index (χ0n) is 17.9. The first-order valence-corrected chi connectivity index (χ1v) is 11.6. The zero-order valence-corrected chi connectivity index (χ0v) is 20.3. The second-order valence-electron chi connectivity index (χ2n) is 6.48. The highest BCUT2D eigenvalue weighted by Crippen LogP contribution is 2.32. The number of amides is 1. The fourth-order valence-electron chi connectivity index (χ4n) is 2.69. The van der Waals surface area contributed by atoms with Gasteiger partial charge in [0.15, 0.2) is 6.04 Å². The molecule has 0 bridgehead atoms. The van der Waals surface area contributed by atoms with Gasteiger partial charge in [0.2, 0.25) is 0 Å². The van der Waals surface area contributed by atoms with Gasteiger partial charge in [-0.2, -0.15) is 20.3 Å². The van der Waals surface area contributed by atoms with E-state index in [2.05, 4.69) is 15.3 Å². The van der Waals surface area contributed by atoms with Crippen LogP contribution in [0.4, 0.5) is 11.4 Å². The number of halogens is 1. The van der Waals surface area contributed by atoms with Gasteiger partial charge in [0.25, 0.3) is 5.91 Å². The van der Waals surface area contributed by atoms with E-state index < -0.39 is 42.0 Å². The van der Waals surface area contributed by atoms with Crippen LogP contribution in [-0.2, 0) is 25.0 Å². The van der Waals surface area contributed by atoms with Crippen molar-refractivity contribution in [3.8, 4) is 0 Å². The molecule has 0 spiro atoms. The fraction of sp³-hybridized carbons (Fsp3) is 0.176. The number of nitrogens with zero attached hydrogens (tertiary/aromatic N) is 4. The van der Waals surface area contributed by atoms with Crippen LogP contribution in [0.1, 0.15) is 12.5 Å². The molecule has 16 heteroatoms. The van der Waals surface area contributed by atoms with Crippen molar-refractivity contribution in [2.75, 3.05) is 5.01 Å². The summed E-state index contributed by atoms with van der Waals surface area (Å²) in [5.74, 6) is -0.730. The first kappa shape index (κ1) is 28.2. The Balaban J connectivity index is 0.00000272. The van der Waals surface area contributed by atoms with Crippen molar-refractivity contribution in [1.29, 1.82) is 0 Å². The van der Waals surface area contributed by atoms with Gasteiger partial charge in [0.05, 0.1) is 21.2 Å². The summed E-state index contributed by atoms with van der Waals surface area (Å²) in [5, 5.41) is 12.5. The number of carbonyl (C=O) groups excluding carboxylic acids is 1. The van der Waals surface area contributed by atoms with Crippen LogP contribution in [0.3, 0.4) is 0 Å². The van der Waals surface area contributed by atoms with Gasteiger partial charge >= 0.3 is 0 Å². The number of azo groups is 1. The molecule has 0 saturated carbocycles. The molecule has 1 heterocycles. The van der Waals surface area contributed by atoms with Crippen LogP contribution in [0.2, 0.25) is 5.02 Å². The maximum atomic E-state index is 12.7. The molecular formula is C17H21ClN6O7S2. The molecule has 1 amide bonds. The average Bonchev–Trinajstić information content (AvgIpc) is 2.95. The number of hydrogen-bond acceptors (Lipinski definition) is 10. The lowest BCUT2D eigenvalue weighted by atomic mass is 10.2. The summed E-state index contributed by atoms with van der Waals surface area (Å²) in [7, 11) is -9.64. The van der Waals surface area contributed by atoms with E-state index >= 15 is 0 Å². The SMILES string of the molecule is CC1=NN(c2cccc(S(=O)(=O)[O-])c2)C(=O)C1N=Nc1cc(Cl)c(C)cc1S(=O)(=O)[O-].[NH4+].[NH4+]. The third-order valence-electron chi connectivity index (χ3n) is 4.24. The van der Waals surface area contributed by atoms with Gasteiger partial charge in [0, 0.05) is 5.02 Å². The maximum absolute atomic E-state index is 12.7. The molecule has 2 aromatic carbocycles. The van der Waals surface area contributed by atoms with Gasteiger partial charge in [-0.1, -0.05) is 17.7 Å². The van der Waals surface area contributed by atoms with Gasteiger partial charge in [-0.15, -0.1) is 0 Å². The molecule has 1 unspecified atom stereocenters. The highest BCUT2D eigenvalue weighted by atomic mass is 35.5. The monoisotopic (exact) mass is 520 g/mol. The fourth-order valence-corrected chi connectivity index (χ4v) is 4.03. The summed E-state index contributed by atoms with van der Waals surface area (Å²) < 4.78 is 68.2. The number of rotatable bonds is 5. The van der Waals surface area contributed by atoms with E-state index in [4.69, 9.17) is 11.6 Å². The Morgan fingerprint density at radius 2 is 1.67 bits per heavy atom. The Bertz CT molecular complexity index is 1360. The number of hydrogen-bond donors (Lipinski definition) is 2. The Labute approximate surface area is 194 Å². The Hall–Kier alpha value is -2.79. The van der Waals surface area contributed by atoms with Crippen LogP contribution in [0, 0.1) is 6.92 Å². The molecule has 2 aromatic rings. The first-order chi connectivity index (χ1) is 14.3. The van der Waals surface area contributed by atoms with Crippen LogP contribution in [-0.4, -0.2) is 43.6 Å². The largest absolute Gasteiger partial charge is 0.744 e. The van der Waals surface area contributed by atoms with E-state index in [1.165, 1.54) is 26.0 Å². The molecule has 0 fully saturated rings. The smallest absolute Gasteiger partial charge is 0.280 e. The van der Waals surface area contributed by atoms with Gasteiger partial charge in [-0.25, -0.2) is 16.8 Å². The number of quaternary nitrogens is 2. The van der Waals surface area contributed by atoms with Crippen molar-refractivity contribution in [2.45, 2.75) is 29.7 Å². The predicted octanol–water partition coefficient (Wildman–Crippen LogP) is 3.08. The number of anilines is 1. The Morgan fingerprint density at radius 3 is 2.24 bits per heavy atom. The summed E-state index contributed by atoms with van der Waals surface area (Å²) in [6.45, 7) is 2.95. The number of aryl methyl sites for hydroxylation is 1. The van der Waals surface area contributed by atoms with E-state index in [0.29, 0.717) is 5.56 Å². The van der Waals surface area contributed by atoms with E-state index in [0.717, 1.165) is 29.3 Å². The summed E-state index contributed by atoms with van der Waals surface area (Å²) in [4.78, 5) is 11.5. The normalized spacial score (nSPS) is 16.4. The van der Waals surface area contributed by atoms with E-state index in [-0.39, 0.29) is 34.4 Å². The maximum Gasteiger partial charge on any atom is 0.280 e. The van der Waals surface area contributed by atoms with Crippen LogP contribution < -0.4 is 17.3 Å². The predicted molar refractivity (Wildman–Crippen MR) is 119 cm³/mol. The van der Waals surface area contributed by atoms with E-state index in [1.54, 1.807) is 0 Å². The summed E-state index contributed by atoms with van der Waals surface area (Å²) >= 11 is 5.97. The zero-order chi connectivity index (χ0) is 23.1. The van der Waals surface area contributed by atoms with E-state index in [1.807, 2.05) is 0 Å². The molecular weight excluding hydrogens is 500 g/mol. The Morgan fingerprint density at radius 1 is 1.03 bits per heavy atom. The minimum Gasteiger partial charge on any atom is -0.744 e. The molecule has 180 valence electrons. The molecule has 1 atom stereocenters. The van der Waals surface area contributed by atoms with Gasteiger partial charge in [-0.3, -0.25) is 4.79 Å². The second-order valence-corrected chi connectivity index (χ2v) is 9.62. The summed E-state index contributed by atoms with van der Waals surface area (Å²) in [6, 6.07) is 5.62. The third-order valence-corrected chi connectivity index (χ3v) is 6.34.